The van der Waals surface area contributed by atoms with Crippen LogP contribution >= 0.6 is 0 Å². The van der Waals surface area contributed by atoms with E-state index in [2.05, 4.69) is 5.16 Å². The second-order valence-corrected chi connectivity index (χ2v) is 3.35. The van der Waals surface area contributed by atoms with Crippen molar-refractivity contribution in [3.05, 3.63) is 0 Å². The van der Waals surface area contributed by atoms with Crippen molar-refractivity contribution in [2.75, 3.05) is 26.2 Å². The summed E-state index contributed by atoms with van der Waals surface area (Å²) >= 11 is 0. The maximum absolute atomic E-state index is 9.57. The molecule has 6 heteroatoms. The minimum Gasteiger partial charge on any atom is -0.409 e. The van der Waals surface area contributed by atoms with E-state index in [1.807, 2.05) is 11.8 Å². The highest BCUT2D eigenvalue weighted by Gasteiger charge is 2.31. The summed E-state index contributed by atoms with van der Waals surface area (Å²) in [5.41, 5.74) is 5.35. The molecule has 0 aliphatic carbocycles. The lowest BCUT2D eigenvalue weighted by molar-refractivity contribution is -0.00236. The standard InChI is InChI=1S/C8H17N3O3/c1-2-14-7-4-11(3-6(7)12)5-8(9)10-13/h6-7,12-13H,2-5H2,1H3,(H2,9,10)/t6-,7-/m0/s1. The number of nitrogens with zero attached hydrogens (tertiary/aromatic N) is 2. The number of ether oxygens (including phenoxy) is 1. The van der Waals surface area contributed by atoms with Crippen LogP contribution in [0.15, 0.2) is 5.16 Å². The molecule has 82 valence electrons. The molecule has 1 aliphatic heterocycles. The Labute approximate surface area is 82.9 Å². The van der Waals surface area contributed by atoms with Gasteiger partial charge in [0, 0.05) is 19.7 Å². The summed E-state index contributed by atoms with van der Waals surface area (Å²) in [6.45, 7) is 3.95. The van der Waals surface area contributed by atoms with Gasteiger partial charge in [-0.1, -0.05) is 5.16 Å². The Morgan fingerprint density at radius 1 is 1.64 bits per heavy atom. The van der Waals surface area contributed by atoms with E-state index in [1.54, 1.807) is 0 Å². The topological polar surface area (TPSA) is 91.3 Å². The van der Waals surface area contributed by atoms with E-state index in [-0.39, 0.29) is 11.9 Å². The van der Waals surface area contributed by atoms with Gasteiger partial charge in [-0.3, -0.25) is 4.90 Å². The zero-order chi connectivity index (χ0) is 10.6. The highest BCUT2D eigenvalue weighted by Crippen LogP contribution is 2.12. The molecule has 1 rings (SSSR count). The summed E-state index contributed by atoms with van der Waals surface area (Å²) in [5, 5.41) is 20.8. The number of aliphatic hydroxyl groups is 1. The SMILES string of the molecule is CCO[C@H]1CN(CC(N)=NO)C[C@@H]1O. The van der Waals surface area contributed by atoms with Crippen molar-refractivity contribution in [3.63, 3.8) is 0 Å². The quantitative estimate of drug-likeness (QED) is 0.231. The molecule has 0 saturated carbocycles. The number of likely N-dealkylation sites (tertiary alicyclic amines) is 1. The molecule has 0 amide bonds. The summed E-state index contributed by atoms with van der Waals surface area (Å²) in [7, 11) is 0. The number of β-amino-alcohol motifs (C(OH)–C–C–N with tert-alkyl or cyclic N) is 1. The lowest BCUT2D eigenvalue weighted by Gasteiger charge is -2.14. The van der Waals surface area contributed by atoms with E-state index in [4.69, 9.17) is 15.7 Å². The lowest BCUT2D eigenvalue weighted by atomic mass is 10.3. The van der Waals surface area contributed by atoms with Gasteiger partial charge in [-0.15, -0.1) is 0 Å². The Morgan fingerprint density at radius 2 is 2.36 bits per heavy atom. The first-order chi connectivity index (χ1) is 6.67. The van der Waals surface area contributed by atoms with Gasteiger partial charge in [0.25, 0.3) is 0 Å². The van der Waals surface area contributed by atoms with Gasteiger partial charge in [0.15, 0.2) is 5.84 Å². The minimum atomic E-state index is -0.485. The maximum Gasteiger partial charge on any atom is 0.153 e. The molecule has 0 unspecified atom stereocenters. The zero-order valence-electron chi connectivity index (χ0n) is 8.26. The Hall–Kier alpha value is -0.850. The second-order valence-electron chi connectivity index (χ2n) is 3.35. The van der Waals surface area contributed by atoms with Gasteiger partial charge in [-0.25, -0.2) is 0 Å². The maximum atomic E-state index is 9.57. The van der Waals surface area contributed by atoms with E-state index < -0.39 is 6.10 Å². The third-order valence-electron chi connectivity index (χ3n) is 2.21. The fourth-order valence-electron chi connectivity index (χ4n) is 1.60. The molecular formula is C8H17N3O3. The summed E-state index contributed by atoms with van der Waals surface area (Å²) in [5.74, 6) is 0.148. The number of aliphatic hydroxyl groups excluding tert-OH is 1. The molecule has 2 atom stereocenters. The van der Waals surface area contributed by atoms with Crippen LogP contribution in [0, 0.1) is 0 Å². The van der Waals surface area contributed by atoms with Gasteiger partial charge in [0.1, 0.15) is 0 Å². The third kappa shape index (κ3) is 2.83. The van der Waals surface area contributed by atoms with Crippen LogP contribution in [0.4, 0.5) is 0 Å². The zero-order valence-corrected chi connectivity index (χ0v) is 8.26. The van der Waals surface area contributed by atoms with E-state index in [0.29, 0.717) is 26.2 Å². The molecule has 6 nitrogen and oxygen atoms in total. The molecule has 1 saturated heterocycles. The molecule has 0 spiro atoms. The fourth-order valence-corrected chi connectivity index (χ4v) is 1.60. The average Bonchev–Trinajstić information content (AvgIpc) is 2.47. The molecule has 4 N–H and O–H groups in total. The monoisotopic (exact) mass is 203 g/mol. The Bertz CT molecular complexity index is 210. The number of hydrogen-bond donors (Lipinski definition) is 3. The minimum absolute atomic E-state index is 0.148. The first-order valence-corrected chi connectivity index (χ1v) is 4.65. The predicted octanol–water partition coefficient (Wildman–Crippen LogP) is -1.19. The van der Waals surface area contributed by atoms with E-state index in [9.17, 15) is 5.11 Å². The number of oxime groups is 1. The number of hydrogen-bond acceptors (Lipinski definition) is 5. The van der Waals surface area contributed by atoms with Crippen molar-refractivity contribution in [3.8, 4) is 0 Å². The summed E-state index contributed by atoms with van der Waals surface area (Å²) in [6, 6.07) is 0. The molecule has 1 heterocycles. The molecular weight excluding hydrogens is 186 g/mol. The highest BCUT2D eigenvalue weighted by atomic mass is 16.5. The van der Waals surface area contributed by atoms with Crippen LogP contribution in [0.2, 0.25) is 0 Å². The van der Waals surface area contributed by atoms with E-state index >= 15 is 0 Å². The number of rotatable bonds is 4. The fraction of sp³-hybridized carbons (Fsp3) is 0.875. The first kappa shape index (κ1) is 11.2. The Balaban J connectivity index is 2.38. The van der Waals surface area contributed by atoms with E-state index in [1.165, 1.54) is 0 Å². The predicted molar refractivity (Wildman–Crippen MR) is 51.3 cm³/mol. The van der Waals surface area contributed by atoms with E-state index in [0.717, 1.165) is 0 Å². The van der Waals surface area contributed by atoms with Crippen molar-refractivity contribution in [2.24, 2.45) is 10.9 Å². The molecule has 14 heavy (non-hydrogen) atoms. The normalized spacial score (nSPS) is 29.7. The molecule has 0 aromatic heterocycles. The molecule has 1 aliphatic rings. The van der Waals surface area contributed by atoms with Gasteiger partial charge in [0.2, 0.25) is 0 Å². The number of amidine groups is 1. The summed E-state index contributed by atoms with van der Waals surface area (Å²) < 4.78 is 5.33. The molecule has 1 fully saturated rings. The van der Waals surface area contributed by atoms with Gasteiger partial charge < -0.3 is 20.8 Å². The van der Waals surface area contributed by atoms with Crippen LogP contribution in [-0.4, -0.2) is 59.5 Å². The Kier molecular flexibility index (Phi) is 4.12. The summed E-state index contributed by atoms with van der Waals surface area (Å²) in [6.07, 6.45) is -0.645. The van der Waals surface area contributed by atoms with Crippen molar-refractivity contribution in [2.45, 2.75) is 19.1 Å². The molecule has 0 aromatic carbocycles. The lowest BCUT2D eigenvalue weighted by Crippen LogP contribution is -2.33. The van der Waals surface area contributed by atoms with Crippen molar-refractivity contribution >= 4 is 5.84 Å². The van der Waals surface area contributed by atoms with Crippen molar-refractivity contribution < 1.29 is 15.1 Å². The van der Waals surface area contributed by atoms with Crippen LogP contribution in [0.1, 0.15) is 6.92 Å². The third-order valence-corrected chi connectivity index (χ3v) is 2.21. The van der Waals surface area contributed by atoms with Gasteiger partial charge >= 0.3 is 0 Å². The molecule has 0 radical (unpaired) electrons. The average molecular weight is 203 g/mol. The van der Waals surface area contributed by atoms with Crippen molar-refractivity contribution in [1.82, 2.24) is 4.90 Å². The number of nitrogens with two attached hydrogens (primary N) is 1. The summed E-state index contributed by atoms with van der Waals surface area (Å²) in [4.78, 5) is 1.89. The van der Waals surface area contributed by atoms with Gasteiger partial charge in [-0.05, 0) is 6.92 Å². The van der Waals surface area contributed by atoms with Gasteiger partial charge in [-0.2, -0.15) is 0 Å². The largest absolute Gasteiger partial charge is 0.409 e. The highest BCUT2D eigenvalue weighted by molar-refractivity contribution is 5.81. The van der Waals surface area contributed by atoms with Crippen LogP contribution in [-0.2, 0) is 4.74 Å². The first-order valence-electron chi connectivity index (χ1n) is 4.65. The smallest absolute Gasteiger partial charge is 0.153 e. The molecule has 0 bridgehead atoms. The Morgan fingerprint density at radius 3 is 2.93 bits per heavy atom. The van der Waals surface area contributed by atoms with Gasteiger partial charge in [0.05, 0.1) is 18.8 Å². The van der Waals surface area contributed by atoms with Crippen LogP contribution in [0.25, 0.3) is 0 Å². The van der Waals surface area contributed by atoms with Crippen LogP contribution in [0.5, 0.6) is 0 Å². The van der Waals surface area contributed by atoms with Crippen LogP contribution < -0.4 is 5.73 Å². The molecule has 0 aromatic rings. The second kappa shape index (κ2) is 5.14. The van der Waals surface area contributed by atoms with Crippen molar-refractivity contribution in [1.29, 1.82) is 0 Å². The van der Waals surface area contributed by atoms with Crippen LogP contribution in [0.3, 0.4) is 0 Å².